The fraction of sp³-hybridized carbons (Fsp3) is 0.450. The zero-order chi connectivity index (χ0) is 17.8. The fourth-order valence-electron chi connectivity index (χ4n) is 4.18. The van der Waals surface area contributed by atoms with Crippen LogP contribution in [0.5, 0.6) is 0 Å². The molecule has 4 heteroatoms. The van der Waals surface area contributed by atoms with Crippen LogP contribution in [0.15, 0.2) is 5.76 Å². The van der Waals surface area contributed by atoms with Crippen LogP contribution >= 0.6 is 0 Å². The Hall–Kier alpha value is -2.23. The average Bonchev–Trinajstić information content (AvgIpc) is 2.96. The van der Waals surface area contributed by atoms with E-state index < -0.39 is 5.92 Å². The molecule has 2 aromatic heterocycles. The van der Waals surface area contributed by atoms with Crippen molar-refractivity contribution in [3.63, 3.8) is 0 Å². The highest BCUT2D eigenvalue weighted by Crippen LogP contribution is 2.45. The van der Waals surface area contributed by atoms with Gasteiger partial charge in [-0.1, -0.05) is 13.8 Å². The van der Waals surface area contributed by atoms with Crippen molar-refractivity contribution in [3.05, 3.63) is 50.8 Å². The van der Waals surface area contributed by atoms with Gasteiger partial charge in [-0.15, -0.1) is 0 Å². The molecule has 4 nitrogen and oxygen atoms in total. The Bertz CT molecular complexity index is 865. The van der Waals surface area contributed by atoms with E-state index in [9.17, 15) is 9.90 Å². The topological polar surface area (TPSA) is 68.9 Å². The number of allylic oxidation sites excluding steroid dienone is 2. The Morgan fingerprint density at radius 1 is 0.917 bits per heavy atom. The Balaban J connectivity index is 2.07. The summed E-state index contributed by atoms with van der Waals surface area (Å²) in [5.41, 5.74) is 8.84. The largest absolute Gasteiger partial charge is 0.510 e. The second kappa shape index (κ2) is 5.69. The lowest BCUT2D eigenvalue weighted by Gasteiger charge is -2.28. The zero-order valence-corrected chi connectivity index (χ0v) is 15.3. The maximum absolute atomic E-state index is 12.8. The Morgan fingerprint density at radius 3 is 1.92 bits per heavy atom. The molecular formula is C20H26N2O2. The number of aromatic amines is 2. The van der Waals surface area contributed by atoms with Gasteiger partial charge in [-0.05, 0) is 62.8 Å². The van der Waals surface area contributed by atoms with E-state index in [4.69, 9.17) is 0 Å². The van der Waals surface area contributed by atoms with E-state index in [-0.39, 0.29) is 11.5 Å². The molecule has 0 aliphatic heterocycles. The molecule has 2 aromatic rings. The van der Waals surface area contributed by atoms with Crippen molar-refractivity contribution in [2.24, 2.45) is 0 Å². The molecule has 0 saturated carbocycles. The van der Waals surface area contributed by atoms with Crippen LogP contribution in [0, 0.1) is 27.7 Å². The van der Waals surface area contributed by atoms with Gasteiger partial charge in [-0.2, -0.15) is 0 Å². The van der Waals surface area contributed by atoms with Gasteiger partial charge in [-0.25, -0.2) is 0 Å². The van der Waals surface area contributed by atoms with Crippen LogP contribution < -0.4 is 0 Å². The normalized spacial score (nSPS) is 17.6. The minimum absolute atomic E-state index is 0.00786. The van der Waals surface area contributed by atoms with Gasteiger partial charge in [0.15, 0.2) is 5.78 Å². The predicted octanol–water partition coefficient (Wildman–Crippen LogP) is 4.34. The monoisotopic (exact) mass is 326 g/mol. The van der Waals surface area contributed by atoms with Crippen molar-refractivity contribution < 1.29 is 9.90 Å². The number of aliphatic hydroxyl groups excluding tert-OH is 1. The summed E-state index contributed by atoms with van der Waals surface area (Å²) in [4.78, 5) is 19.4. The average molecular weight is 326 g/mol. The number of hydrogen-bond donors (Lipinski definition) is 3. The number of ketones is 1. The number of nitrogens with one attached hydrogen (secondary N) is 2. The van der Waals surface area contributed by atoms with E-state index in [0.717, 1.165) is 46.7 Å². The summed E-state index contributed by atoms with van der Waals surface area (Å²) in [6.45, 7) is 12.3. The van der Waals surface area contributed by atoms with Gasteiger partial charge in [0.05, 0.1) is 11.3 Å². The molecule has 3 rings (SSSR count). The SMILES string of the molecule is CCc1c(C)[nH]c(C2=C(O)C(c3[nH]c(C)c(CC)c3C)C2=O)c1C. The summed E-state index contributed by atoms with van der Waals surface area (Å²) in [5, 5.41) is 10.7. The lowest BCUT2D eigenvalue weighted by Crippen LogP contribution is -2.29. The molecule has 1 aliphatic rings. The number of aliphatic hydroxyl groups is 1. The van der Waals surface area contributed by atoms with Crippen LogP contribution in [-0.2, 0) is 17.6 Å². The van der Waals surface area contributed by atoms with Gasteiger partial charge in [0.1, 0.15) is 11.7 Å². The van der Waals surface area contributed by atoms with Gasteiger partial charge in [-0.3, -0.25) is 4.79 Å². The number of carbonyl (C=O) groups is 1. The van der Waals surface area contributed by atoms with Crippen LogP contribution in [0.4, 0.5) is 0 Å². The number of carbonyl (C=O) groups excluding carboxylic acids is 1. The molecule has 0 saturated heterocycles. The van der Waals surface area contributed by atoms with Gasteiger partial charge in [0.25, 0.3) is 0 Å². The summed E-state index contributed by atoms with van der Waals surface area (Å²) in [5.74, 6) is -0.377. The summed E-state index contributed by atoms with van der Waals surface area (Å²) >= 11 is 0. The highest BCUT2D eigenvalue weighted by molar-refractivity contribution is 6.31. The van der Waals surface area contributed by atoms with E-state index in [1.165, 1.54) is 11.1 Å². The number of hydrogen-bond acceptors (Lipinski definition) is 2. The number of Topliss-reactive ketones (excluding diaryl/α,β-unsaturated/α-hetero) is 1. The van der Waals surface area contributed by atoms with Crippen LogP contribution in [-0.4, -0.2) is 20.9 Å². The Morgan fingerprint density at radius 2 is 1.46 bits per heavy atom. The predicted molar refractivity (Wildman–Crippen MR) is 96.6 cm³/mol. The first kappa shape index (κ1) is 16.6. The lowest BCUT2D eigenvalue weighted by atomic mass is 9.76. The van der Waals surface area contributed by atoms with E-state index in [0.29, 0.717) is 5.57 Å². The summed E-state index contributed by atoms with van der Waals surface area (Å²) in [6, 6.07) is 0. The van der Waals surface area contributed by atoms with Crippen molar-refractivity contribution in [2.45, 2.75) is 60.3 Å². The molecule has 0 fully saturated rings. The van der Waals surface area contributed by atoms with Crippen LogP contribution in [0.3, 0.4) is 0 Å². The van der Waals surface area contributed by atoms with Crippen LogP contribution in [0.1, 0.15) is 64.8 Å². The maximum atomic E-state index is 12.8. The molecule has 1 unspecified atom stereocenters. The van der Waals surface area contributed by atoms with E-state index in [1.54, 1.807) is 0 Å². The van der Waals surface area contributed by atoms with Crippen molar-refractivity contribution >= 4 is 11.4 Å². The molecule has 3 N–H and O–H groups in total. The molecule has 1 aliphatic carbocycles. The standard InChI is InChI=1S/C20H26N2O2/c1-7-13-9(3)17(21-11(13)5)15-19(23)16(20(15)24)18-10(4)14(8-2)12(6)22-18/h15,21-23H,7-8H2,1-6H3. The first-order valence-electron chi connectivity index (χ1n) is 8.67. The second-order valence-corrected chi connectivity index (χ2v) is 6.76. The zero-order valence-electron chi connectivity index (χ0n) is 15.3. The lowest BCUT2D eigenvalue weighted by molar-refractivity contribution is -0.116. The Kier molecular flexibility index (Phi) is 3.94. The second-order valence-electron chi connectivity index (χ2n) is 6.76. The third kappa shape index (κ3) is 2.09. The van der Waals surface area contributed by atoms with Gasteiger partial charge < -0.3 is 15.1 Å². The third-order valence-electron chi connectivity index (χ3n) is 5.51. The number of H-pyrrole nitrogens is 2. The van der Waals surface area contributed by atoms with E-state index in [1.807, 2.05) is 27.7 Å². The minimum Gasteiger partial charge on any atom is -0.510 e. The first-order chi connectivity index (χ1) is 11.3. The molecule has 0 amide bonds. The number of aryl methyl sites for hydroxylation is 2. The molecule has 128 valence electrons. The van der Waals surface area contributed by atoms with E-state index in [2.05, 4.69) is 23.8 Å². The minimum atomic E-state index is -0.549. The molecule has 0 aromatic carbocycles. The molecule has 24 heavy (non-hydrogen) atoms. The molecular weight excluding hydrogens is 300 g/mol. The highest BCUT2D eigenvalue weighted by atomic mass is 16.3. The van der Waals surface area contributed by atoms with Crippen molar-refractivity contribution in [1.82, 2.24) is 9.97 Å². The maximum Gasteiger partial charge on any atom is 0.184 e. The molecule has 0 bridgehead atoms. The van der Waals surface area contributed by atoms with Crippen molar-refractivity contribution in [3.8, 4) is 0 Å². The van der Waals surface area contributed by atoms with Gasteiger partial charge >= 0.3 is 0 Å². The molecule has 0 radical (unpaired) electrons. The quantitative estimate of drug-likeness (QED) is 0.782. The summed E-state index contributed by atoms with van der Waals surface area (Å²) < 4.78 is 0. The highest BCUT2D eigenvalue weighted by Gasteiger charge is 2.44. The van der Waals surface area contributed by atoms with Crippen molar-refractivity contribution in [1.29, 1.82) is 0 Å². The van der Waals surface area contributed by atoms with Crippen molar-refractivity contribution in [2.75, 3.05) is 0 Å². The summed E-state index contributed by atoms with van der Waals surface area (Å²) in [6.07, 6.45) is 1.83. The van der Waals surface area contributed by atoms with E-state index >= 15 is 0 Å². The third-order valence-corrected chi connectivity index (χ3v) is 5.51. The molecule has 2 heterocycles. The number of aromatic nitrogens is 2. The molecule has 0 spiro atoms. The van der Waals surface area contributed by atoms with Gasteiger partial charge in [0, 0.05) is 17.1 Å². The van der Waals surface area contributed by atoms with Crippen LogP contribution in [0.2, 0.25) is 0 Å². The number of rotatable bonds is 4. The summed E-state index contributed by atoms with van der Waals surface area (Å²) in [7, 11) is 0. The fourth-order valence-corrected chi connectivity index (χ4v) is 4.18. The first-order valence-corrected chi connectivity index (χ1v) is 8.67. The van der Waals surface area contributed by atoms with Gasteiger partial charge in [0.2, 0.25) is 0 Å². The van der Waals surface area contributed by atoms with Crippen LogP contribution in [0.25, 0.3) is 5.57 Å². The Labute approximate surface area is 143 Å². The molecule has 1 atom stereocenters. The smallest absolute Gasteiger partial charge is 0.184 e.